The monoisotopic (exact) mass is 509 g/mol. The molecule has 7 heteroatoms. The van der Waals surface area contributed by atoms with Crippen LogP contribution in [0.3, 0.4) is 0 Å². The Bertz CT molecular complexity index is 942. The molecule has 0 saturated carbocycles. The first-order valence-electron chi connectivity index (χ1n) is 9.14. The fourth-order valence-electron chi connectivity index (χ4n) is 3.57. The summed E-state index contributed by atoms with van der Waals surface area (Å²) in [5.74, 6) is 0.00540. The van der Waals surface area contributed by atoms with E-state index in [0.29, 0.717) is 13.1 Å². The molecule has 0 atom stereocenters. The van der Waals surface area contributed by atoms with Crippen molar-refractivity contribution in [3.8, 4) is 0 Å². The highest BCUT2D eigenvalue weighted by atomic mass is 79.9. The van der Waals surface area contributed by atoms with Gasteiger partial charge in [-0.15, -0.1) is 11.3 Å². The first-order chi connectivity index (χ1) is 13.1. The summed E-state index contributed by atoms with van der Waals surface area (Å²) in [4.78, 5) is 15.3. The van der Waals surface area contributed by atoms with Gasteiger partial charge in [-0.1, -0.05) is 28.1 Å². The van der Waals surface area contributed by atoms with Crippen LogP contribution < -0.4 is 5.32 Å². The summed E-state index contributed by atoms with van der Waals surface area (Å²) in [7, 11) is 0. The molecule has 0 spiro atoms. The van der Waals surface area contributed by atoms with Crippen molar-refractivity contribution in [2.45, 2.75) is 19.4 Å². The first kappa shape index (κ1) is 19.2. The van der Waals surface area contributed by atoms with Crippen LogP contribution in [-0.4, -0.2) is 41.6 Å². The third kappa shape index (κ3) is 4.47. The largest absolute Gasteiger partial charge is 0.349 e. The Kier molecular flexibility index (Phi) is 6.02. The number of amides is 1. The number of carbonyl (C=O) groups is 1. The van der Waals surface area contributed by atoms with Crippen LogP contribution in [0.15, 0.2) is 44.7 Å². The van der Waals surface area contributed by atoms with E-state index >= 15 is 0 Å². The zero-order valence-electron chi connectivity index (χ0n) is 14.9. The Balaban J connectivity index is 1.54. The van der Waals surface area contributed by atoms with Crippen molar-refractivity contribution in [3.05, 3.63) is 55.9 Å². The molecule has 27 heavy (non-hydrogen) atoms. The SMILES string of the molecule is O=C(NCCN1CCCC1)c1cc2sc(Br)cc2n1Cc1ccc(Br)cc1. The number of nitrogens with zero attached hydrogens (tertiary/aromatic N) is 2. The van der Waals surface area contributed by atoms with Crippen LogP contribution in [0.1, 0.15) is 28.9 Å². The molecule has 4 nitrogen and oxygen atoms in total. The number of likely N-dealkylation sites (tertiary alicyclic amines) is 1. The lowest BCUT2D eigenvalue weighted by Crippen LogP contribution is -2.34. The van der Waals surface area contributed by atoms with Gasteiger partial charge < -0.3 is 14.8 Å². The fourth-order valence-corrected chi connectivity index (χ4v) is 5.40. The minimum absolute atomic E-state index is 0.00540. The van der Waals surface area contributed by atoms with Crippen LogP contribution in [-0.2, 0) is 6.54 Å². The summed E-state index contributed by atoms with van der Waals surface area (Å²) in [6.45, 7) is 4.60. The molecule has 0 aliphatic carbocycles. The van der Waals surface area contributed by atoms with Crippen LogP contribution in [0.2, 0.25) is 0 Å². The molecule has 1 aliphatic rings. The van der Waals surface area contributed by atoms with Gasteiger partial charge in [0.2, 0.25) is 0 Å². The van der Waals surface area contributed by atoms with Crippen molar-refractivity contribution < 1.29 is 4.79 Å². The molecule has 1 aromatic carbocycles. The summed E-state index contributed by atoms with van der Waals surface area (Å²) in [5, 5.41) is 3.11. The van der Waals surface area contributed by atoms with Crippen molar-refractivity contribution >= 4 is 59.3 Å². The van der Waals surface area contributed by atoms with Gasteiger partial charge in [0.15, 0.2) is 0 Å². The number of rotatable bonds is 6. The van der Waals surface area contributed by atoms with Crippen molar-refractivity contribution in [2.75, 3.05) is 26.2 Å². The highest BCUT2D eigenvalue weighted by molar-refractivity contribution is 9.11. The molecule has 1 aliphatic heterocycles. The van der Waals surface area contributed by atoms with Gasteiger partial charge in [-0.05, 0) is 71.7 Å². The lowest BCUT2D eigenvalue weighted by molar-refractivity contribution is 0.0941. The Labute approximate surface area is 179 Å². The zero-order valence-corrected chi connectivity index (χ0v) is 18.9. The van der Waals surface area contributed by atoms with Crippen molar-refractivity contribution in [2.24, 2.45) is 0 Å². The van der Waals surface area contributed by atoms with Crippen molar-refractivity contribution in [3.63, 3.8) is 0 Å². The van der Waals surface area contributed by atoms with Gasteiger partial charge in [-0.25, -0.2) is 0 Å². The summed E-state index contributed by atoms with van der Waals surface area (Å²) in [6.07, 6.45) is 2.55. The molecule has 0 bridgehead atoms. The molecule has 3 aromatic rings. The molecule has 1 N–H and O–H groups in total. The average Bonchev–Trinajstić information content (AvgIpc) is 3.35. The second kappa shape index (κ2) is 8.47. The van der Waals surface area contributed by atoms with E-state index in [1.54, 1.807) is 11.3 Å². The number of nitrogens with one attached hydrogen (secondary N) is 1. The van der Waals surface area contributed by atoms with Gasteiger partial charge in [-0.2, -0.15) is 0 Å². The second-order valence-corrected chi connectivity index (χ2v) is 10.2. The summed E-state index contributed by atoms with van der Waals surface area (Å²) >= 11 is 8.71. The second-order valence-electron chi connectivity index (χ2n) is 6.85. The third-order valence-electron chi connectivity index (χ3n) is 4.96. The summed E-state index contributed by atoms with van der Waals surface area (Å²) in [5.41, 5.74) is 3.00. The number of carbonyl (C=O) groups excluding carboxylic acids is 1. The smallest absolute Gasteiger partial charge is 0.268 e. The van der Waals surface area contributed by atoms with Crippen LogP contribution in [0.25, 0.3) is 10.2 Å². The topological polar surface area (TPSA) is 37.3 Å². The van der Waals surface area contributed by atoms with Crippen LogP contribution in [0.5, 0.6) is 0 Å². The quantitative estimate of drug-likeness (QED) is 0.500. The Morgan fingerprint density at radius 3 is 2.59 bits per heavy atom. The molecule has 1 fully saturated rings. The average molecular weight is 511 g/mol. The van der Waals surface area contributed by atoms with E-state index in [4.69, 9.17) is 0 Å². The van der Waals surface area contributed by atoms with Crippen LogP contribution in [0.4, 0.5) is 0 Å². The van der Waals surface area contributed by atoms with E-state index in [0.717, 1.165) is 43.8 Å². The molecular weight excluding hydrogens is 490 g/mol. The molecule has 1 saturated heterocycles. The number of benzene rings is 1. The lowest BCUT2D eigenvalue weighted by atomic mass is 10.2. The summed E-state index contributed by atoms with van der Waals surface area (Å²) < 4.78 is 5.38. The van der Waals surface area contributed by atoms with Gasteiger partial charge in [0.25, 0.3) is 5.91 Å². The highest BCUT2D eigenvalue weighted by Crippen LogP contribution is 2.33. The standard InChI is InChI=1S/C20H21Br2N3OS/c21-15-5-3-14(4-6-15)13-25-16-12-19(22)27-18(16)11-17(25)20(26)23-7-10-24-8-1-2-9-24/h3-6,11-12H,1-2,7-10,13H2,(H,23,26). The van der Waals surface area contributed by atoms with Crippen molar-refractivity contribution in [1.82, 2.24) is 14.8 Å². The fraction of sp³-hybridized carbons (Fsp3) is 0.350. The van der Waals surface area contributed by atoms with Gasteiger partial charge in [0.05, 0.1) is 14.0 Å². The van der Waals surface area contributed by atoms with E-state index in [-0.39, 0.29) is 5.91 Å². The maximum absolute atomic E-state index is 12.9. The van der Waals surface area contributed by atoms with Gasteiger partial charge in [0, 0.05) is 24.1 Å². The minimum Gasteiger partial charge on any atom is -0.349 e. The number of fused-ring (bicyclic) bond motifs is 1. The number of thiophene rings is 1. The number of hydrogen-bond donors (Lipinski definition) is 1. The molecule has 0 unspecified atom stereocenters. The Morgan fingerprint density at radius 2 is 1.85 bits per heavy atom. The summed E-state index contributed by atoms with van der Waals surface area (Å²) in [6, 6.07) is 12.4. The molecule has 1 amide bonds. The Morgan fingerprint density at radius 1 is 1.11 bits per heavy atom. The lowest BCUT2D eigenvalue weighted by Gasteiger charge is -2.15. The van der Waals surface area contributed by atoms with E-state index in [1.165, 1.54) is 18.4 Å². The van der Waals surface area contributed by atoms with E-state index in [1.807, 2.05) is 18.2 Å². The number of halogens is 2. The maximum Gasteiger partial charge on any atom is 0.268 e. The first-order valence-corrected chi connectivity index (χ1v) is 11.5. The number of hydrogen-bond acceptors (Lipinski definition) is 3. The van der Waals surface area contributed by atoms with Crippen molar-refractivity contribution in [1.29, 1.82) is 0 Å². The van der Waals surface area contributed by atoms with E-state index in [2.05, 4.69) is 64.8 Å². The zero-order chi connectivity index (χ0) is 18.8. The molecule has 3 heterocycles. The minimum atomic E-state index is 0.00540. The van der Waals surface area contributed by atoms with E-state index < -0.39 is 0 Å². The molecule has 2 aromatic heterocycles. The van der Waals surface area contributed by atoms with Crippen LogP contribution in [0, 0.1) is 0 Å². The van der Waals surface area contributed by atoms with Gasteiger partial charge >= 0.3 is 0 Å². The normalized spacial score (nSPS) is 14.9. The van der Waals surface area contributed by atoms with E-state index in [9.17, 15) is 4.79 Å². The Hall–Kier alpha value is -1.15. The van der Waals surface area contributed by atoms with Gasteiger partial charge in [0.1, 0.15) is 5.69 Å². The van der Waals surface area contributed by atoms with Crippen LogP contribution >= 0.6 is 43.2 Å². The molecule has 142 valence electrons. The molecule has 4 rings (SSSR count). The predicted molar refractivity (Wildman–Crippen MR) is 119 cm³/mol. The highest BCUT2D eigenvalue weighted by Gasteiger charge is 2.18. The third-order valence-corrected chi connectivity index (χ3v) is 7.06. The van der Waals surface area contributed by atoms with Gasteiger partial charge in [-0.3, -0.25) is 4.79 Å². The number of aromatic nitrogens is 1. The maximum atomic E-state index is 12.9. The molecular formula is C20H21Br2N3OS. The molecule has 0 radical (unpaired) electrons. The predicted octanol–water partition coefficient (Wildman–Crippen LogP) is 5.10.